The summed E-state index contributed by atoms with van der Waals surface area (Å²) in [6.07, 6.45) is 0.0254. The second-order valence-electron chi connectivity index (χ2n) is 5.16. The predicted octanol–water partition coefficient (Wildman–Crippen LogP) is 2.62. The van der Waals surface area contributed by atoms with Gasteiger partial charge in [0, 0.05) is 5.02 Å². The molecular weight excluding hydrogens is 338 g/mol. The van der Waals surface area contributed by atoms with Gasteiger partial charge in [0.1, 0.15) is 6.04 Å². The van der Waals surface area contributed by atoms with Crippen molar-refractivity contribution in [3.63, 3.8) is 0 Å². The summed E-state index contributed by atoms with van der Waals surface area (Å²) >= 11 is 5.78. The zero-order valence-corrected chi connectivity index (χ0v) is 13.9. The molecule has 0 saturated heterocycles. The van der Waals surface area contributed by atoms with Crippen LogP contribution in [0.4, 0.5) is 0 Å². The molecule has 5 nitrogen and oxygen atoms in total. The Morgan fingerprint density at radius 3 is 2.22 bits per heavy atom. The number of sulfonamides is 1. The molecule has 0 fully saturated rings. The number of carboxylic acids is 1. The quantitative estimate of drug-likeness (QED) is 0.836. The number of halogens is 1. The highest BCUT2D eigenvalue weighted by Crippen LogP contribution is 2.14. The Balaban J connectivity index is 2.20. The van der Waals surface area contributed by atoms with Crippen molar-refractivity contribution in [1.29, 1.82) is 0 Å². The highest BCUT2D eigenvalue weighted by Gasteiger charge is 2.25. The van der Waals surface area contributed by atoms with Gasteiger partial charge >= 0.3 is 5.97 Å². The van der Waals surface area contributed by atoms with Gasteiger partial charge in [0.25, 0.3) is 0 Å². The molecule has 0 saturated carbocycles. The Hall–Kier alpha value is -1.89. The van der Waals surface area contributed by atoms with Gasteiger partial charge in [0.15, 0.2) is 0 Å². The van der Waals surface area contributed by atoms with Crippen LogP contribution in [0, 0.1) is 6.92 Å². The minimum absolute atomic E-state index is 0.0254. The van der Waals surface area contributed by atoms with Crippen molar-refractivity contribution < 1.29 is 18.3 Å². The van der Waals surface area contributed by atoms with E-state index >= 15 is 0 Å². The molecule has 0 aliphatic carbocycles. The summed E-state index contributed by atoms with van der Waals surface area (Å²) in [7, 11) is -3.91. The number of hydrogen-bond acceptors (Lipinski definition) is 3. The maximum absolute atomic E-state index is 12.3. The zero-order chi connectivity index (χ0) is 17.0. The minimum Gasteiger partial charge on any atom is -0.480 e. The first-order valence-corrected chi connectivity index (χ1v) is 8.70. The van der Waals surface area contributed by atoms with Gasteiger partial charge in [-0.3, -0.25) is 4.79 Å². The van der Waals surface area contributed by atoms with E-state index in [0.717, 1.165) is 5.56 Å². The van der Waals surface area contributed by atoms with Gasteiger partial charge in [-0.25, -0.2) is 8.42 Å². The van der Waals surface area contributed by atoms with E-state index in [2.05, 4.69) is 4.72 Å². The van der Waals surface area contributed by atoms with E-state index in [1.807, 2.05) is 6.92 Å². The number of carboxylic acid groups (broad SMARTS) is 1. The van der Waals surface area contributed by atoms with Crippen LogP contribution < -0.4 is 4.72 Å². The summed E-state index contributed by atoms with van der Waals surface area (Å²) < 4.78 is 26.8. The summed E-state index contributed by atoms with van der Waals surface area (Å²) in [6.45, 7) is 1.84. The molecule has 0 spiro atoms. The SMILES string of the molecule is Cc1ccc(S(=O)(=O)N[C@H](Cc2ccc(Cl)cc2)C(=O)O)cc1. The Bertz CT molecular complexity index is 786. The maximum Gasteiger partial charge on any atom is 0.322 e. The number of nitrogens with one attached hydrogen (secondary N) is 1. The lowest BCUT2D eigenvalue weighted by atomic mass is 10.1. The van der Waals surface area contributed by atoms with Gasteiger partial charge in [0.2, 0.25) is 10.0 Å². The van der Waals surface area contributed by atoms with Crippen LogP contribution in [0.3, 0.4) is 0 Å². The van der Waals surface area contributed by atoms with Crippen molar-refractivity contribution in [2.75, 3.05) is 0 Å². The number of aliphatic carboxylic acids is 1. The Labute approximate surface area is 140 Å². The Morgan fingerprint density at radius 2 is 1.70 bits per heavy atom. The van der Waals surface area contributed by atoms with Crippen molar-refractivity contribution >= 4 is 27.6 Å². The second-order valence-corrected chi connectivity index (χ2v) is 7.31. The molecule has 2 rings (SSSR count). The smallest absolute Gasteiger partial charge is 0.322 e. The fourth-order valence-corrected chi connectivity index (χ4v) is 3.32. The molecule has 122 valence electrons. The van der Waals surface area contributed by atoms with Crippen LogP contribution in [0.1, 0.15) is 11.1 Å². The lowest BCUT2D eigenvalue weighted by Crippen LogP contribution is -2.42. The highest BCUT2D eigenvalue weighted by atomic mass is 35.5. The molecule has 2 N–H and O–H groups in total. The molecule has 1 atom stereocenters. The van der Waals surface area contributed by atoms with Gasteiger partial charge < -0.3 is 5.11 Å². The van der Waals surface area contributed by atoms with Gasteiger partial charge in [-0.1, -0.05) is 41.4 Å². The van der Waals surface area contributed by atoms with Gasteiger partial charge in [0.05, 0.1) is 4.90 Å². The van der Waals surface area contributed by atoms with Crippen molar-refractivity contribution in [2.45, 2.75) is 24.3 Å². The largest absolute Gasteiger partial charge is 0.480 e. The molecule has 0 unspecified atom stereocenters. The molecule has 0 aromatic heterocycles. The zero-order valence-electron chi connectivity index (χ0n) is 12.4. The molecule has 0 radical (unpaired) electrons. The summed E-state index contributed by atoms with van der Waals surface area (Å²) in [5.41, 5.74) is 1.59. The van der Waals surface area contributed by atoms with Gasteiger partial charge in [-0.2, -0.15) is 4.72 Å². The molecule has 0 aliphatic rings. The summed E-state index contributed by atoms with van der Waals surface area (Å²) in [5.74, 6) is -1.24. The molecule has 23 heavy (non-hydrogen) atoms. The number of aryl methyl sites for hydroxylation is 1. The van der Waals surface area contributed by atoms with E-state index < -0.39 is 22.0 Å². The fraction of sp³-hybridized carbons (Fsp3) is 0.188. The monoisotopic (exact) mass is 353 g/mol. The first-order valence-electron chi connectivity index (χ1n) is 6.84. The van der Waals surface area contributed by atoms with Crippen LogP contribution in [-0.4, -0.2) is 25.5 Å². The molecule has 0 bridgehead atoms. The van der Waals surface area contributed by atoms with Crippen molar-refractivity contribution in [2.24, 2.45) is 0 Å². The van der Waals surface area contributed by atoms with E-state index in [4.69, 9.17) is 11.6 Å². The average Bonchev–Trinajstić information content (AvgIpc) is 2.49. The highest BCUT2D eigenvalue weighted by molar-refractivity contribution is 7.89. The third-order valence-corrected chi connectivity index (χ3v) is 5.02. The first-order chi connectivity index (χ1) is 10.8. The first kappa shape index (κ1) is 17.5. The van der Waals surface area contributed by atoms with Gasteiger partial charge in [-0.15, -0.1) is 0 Å². The number of hydrogen-bond donors (Lipinski definition) is 2. The van der Waals surface area contributed by atoms with E-state index in [1.165, 1.54) is 12.1 Å². The van der Waals surface area contributed by atoms with E-state index in [-0.39, 0.29) is 11.3 Å². The lowest BCUT2D eigenvalue weighted by molar-refractivity contribution is -0.138. The van der Waals surface area contributed by atoms with E-state index in [1.54, 1.807) is 36.4 Å². The van der Waals surface area contributed by atoms with Crippen molar-refractivity contribution in [3.05, 3.63) is 64.7 Å². The molecule has 7 heteroatoms. The Kier molecular flexibility index (Phi) is 5.41. The van der Waals surface area contributed by atoms with Crippen LogP contribution in [0.5, 0.6) is 0 Å². The number of carbonyl (C=O) groups is 1. The molecule has 0 aliphatic heterocycles. The third-order valence-electron chi connectivity index (χ3n) is 3.28. The minimum atomic E-state index is -3.91. The van der Waals surface area contributed by atoms with Crippen molar-refractivity contribution in [1.82, 2.24) is 4.72 Å². The standard InChI is InChI=1S/C16H16ClNO4S/c1-11-2-8-14(9-3-11)23(21,22)18-15(16(19)20)10-12-4-6-13(17)7-5-12/h2-9,15,18H,10H2,1H3,(H,19,20)/t15-/m1/s1. The second kappa shape index (κ2) is 7.12. The fourth-order valence-electron chi connectivity index (χ4n) is 2.01. The maximum atomic E-state index is 12.3. The van der Waals surface area contributed by atoms with Crippen LogP contribution in [0.15, 0.2) is 53.4 Å². The van der Waals surface area contributed by atoms with Gasteiger partial charge in [-0.05, 0) is 43.2 Å². The third kappa shape index (κ3) is 4.79. The van der Waals surface area contributed by atoms with Crippen LogP contribution in [0.2, 0.25) is 5.02 Å². The van der Waals surface area contributed by atoms with Crippen LogP contribution >= 0.6 is 11.6 Å². The normalized spacial score (nSPS) is 12.8. The summed E-state index contributed by atoms with van der Waals surface area (Å²) in [4.78, 5) is 11.4. The lowest BCUT2D eigenvalue weighted by Gasteiger charge is -2.15. The van der Waals surface area contributed by atoms with Crippen LogP contribution in [0.25, 0.3) is 0 Å². The van der Waals surface area contributed by atoms with E-state index in [9.17, 15) is 18.3 Å². The molecular formula is C16H16ClNO4S. The Morgan fingerprint density at radius 1 is 1.13 bits per heavy atom. The molecule has 2 aromatic carbocycles. The van der Waals surface area contributed by atoms with Crippen molar-refractivity contribution in [3.8, 4) is 0 Å². The average molecular weight is 354 g/mol. The number of rotatable bonds is 6. The molecule has 2 aromatic rings. The van der Waals surface area contributed by atoms with E-state index in [0.29, 0.717) is 10.6 Å². The van der Waals surface area contributed by atoms with Crippen LogP contribution in [-0.2, 0) is 21.2 Å². The molecule has 0 heterocycles. The summed E-state index contributed by atoms with van der Waals surface area (Å²) in [5, 5.41) is 9.82. The summed E-state index contributed by atoms with van der Waals surface area (Å²) in [6, 6.07) is 11.5. The predicted molar refractivity (Wildman–Crippen MR) is 88.1 cm³/mol. The topological polar surface area (TPSA) is 83.5 Å². The number of benzene rings is 2. The molecule has 0 amide bonds.